The van der Waals surface area contributed by atoms with Crippen molar-refractivity contribution in [2.24, 2.45) is 0 Å². The van der Waals surface area contributed by atoms with Crippen LogP contribution in [0.5, 0.6) is 0 Å². The minimum Gasteiger partial charge on any atom is -0.481 e. The molecule has 1 N–H and O–H groups in total. The number of carboxylic acids is 1. The first-order valence-corrected chi connectivity index (χ1v) is 1.18. The predicted octanol–water partition coefficient (Wildman–Crippen LogP) is 0.490. The summed E-state index contributed by atoms with van der Waals surface area (Å²) in [5, 5.41) is 8.28. The summed E-state index contributed by atoms with van der Waals surface area (Å²) in [5.41, 5.74) is 0. The van der Waals surface area contributed by atoms with Crippen LogP contribution in [0, 0.1) is 0 Å². The number of aliphatic carboxylic acids is 1. The van der Waals surface area contributed by atoms with E-state index in [1.807, 2.05) is 0 Å². The standard InChI is InChI=1S/C4H8O2.Na/c1-2-3-4(5)6;/h2-3H2,1H3,(H,5,6);/i1D3,2D2,3D2;. The molecule has 0 aromatic rings. The van der Waals surface area contributed by atoms with Gasteiger partial charge >= 0.3 is 5.97 Å². The molecule has 0 saturated carbocycles. The normalized spacial score (nSPS) is 27.7. The van der Waals surface area contributed by atoms with Gasteiger partial charge in [-0.3, -0.25) is 4.79 Å². The maximum absolute atomic E-state index is 10.2. The van der Waals surface area contributed by atoms with Crippen molar-refractivity contribution in [3.63, 3.8) is 0 Å². The molecular formula is C4H8NaO2. The minimum absolute atomic E-state index is 0. The van der Waals surface area contributed by atoms with Crippen LogP contribution in [-0.2, 0) is 4.79 Å². The molecule has 0 aromatic heterocycles. The number of carbonyl (C=O) groups is 1. The first-order chi connectivity index (χ1) is 5.44. The maximum Gasteiger partial charge on any atom is 0.303 e. The fourth-order valence-electron chi connectivity index (χ4n) is 0.0535. The van der Waals surface area contributed by atoms with E-state index >= 15 is 0 Å². The van der Waals surface area contributed by atoms with Crippen molar-refractivity contribution in [2.45, 2.75) is 19.6 Å². The number of hydrogen-bond donors (Lipinski definition) is 1. The number of rotatable bonds is 2. The fourth-order valence-corrected chi connectivity index (χ4v) is 0.0535. The molecule has 0 amide bonds. The van der Waals surface area contributed by atoms with Crippen LogP contribution in [-0.4, -0.2) is 40.6 Å². The molecule has 0 heterocycles. The quantitative estimate of drug-likeness (QED) is 0.536. The summed E-state index contributed by atoms with van der Waals surface area (Å²) in [6.07, 6.45) is -6.84. The van der Waals surface area contributed by atoms with Gasteiger partial charge in [0.25, 0.3) is 0 Å². The van der Waals surface area contributed by atoms with Gasteiger partial charge in [0.1, 0.15) is 0 Å². The molecule has 0 atom stereocenters. The van der Waals surface area contributed by atoms with Crippen LogP contribution in [0.2, 0.25) is 0 Å². The van der Waals surface area contributed by atoms with E-state index in [2.05, 4.69) is 0 Å². The third kappa shape index (κ3) is 10.7. The zero-order valence-electron chi connectivity index (χ0n) is 10.9. The molecule has 37 valence electrons. The summed E-state index contributed by atoms with van der Waals surface area (Å²) in [6, 6.07) is 0. The predicted molar refractivity (Wildman–Crippen MR) is 28.3 cm³/mol. The van der Waals surface area contributed by atoms with Crippen LogP contribution in [0.25, 0.3) is 0 Å². The Morgan fingerprint density at radius 1 is 2.14 bits per heavy atom. The van der Waals surface area contributed by atoms with Gasteiger partial charge in [0.2, 0.25) is 0 Å². The molecule has 0 saturated heterocycles. The zero-order valence-corrected chi connectivity index (χ0v) is 5.86. The molecule has 0 aliphatic carbocycles. The Labute approximate surface area is 75.0 Å². The minimum atomic E-state index is -3.43. The SMILES string of the molecule is [2H]C([2H])([2H])C([2H])([2H])C([2H])([2H])C(=O)O.[Na]. The Balaban J connectivity index is 0. The van der Waals surface area contributed by atoms with Gasteiger partial charge in [-0.05, 0) is 6.37 Å². The monoisotopic (exact) mass is 118 g/mol. The van der Waals surface area contributed by atoms with Gasteiger partial charge in [-0.1, -0.05) is 6.85 Å². The number of carboxylic acid groups (broad SMARTS) is 1. The van der Waals surface area contributed by atoms with E-state index in [0.717, 1.165) is 0 Å². The van der Waals surface area contributed by atoms with Crippen LogP contribution in [0.4, 0.5) is 0 Å². The van der Waals surface area contributed by atoms with Crippen LogP contribution in [0.1, 0.15) is 29.2 Å². The molecule has 0 fully saturated rings. The average Bonchev–Trinajstić information content (AvgIpc) is 1.84. The third-order valence-electron chi connectivity index (χ3n) is 0.169. The summed E-state index contributed by atoms with van der Waals surface area (Å²) in [5.74, 6) is -2.13. The van der Waals surface area contributed by atoms with Gasteiger partial charge in [0, 0.05) is 45.5 Å². The summed E-state index contributed by atoms with van der Waals surface area (Å²) in [4.78, 5) is 10.2. The Morgan fingerprint density at radius 2 is 2.71 bits per heavy atom. The average molecular weight is 118 g/mol. The van der Waals surface area contributed by atoms with Crippen LogP contribution in [0.15, 0.2) is 0 Å². The third-order valence-corrected chi connectivity index (χ3v) is 0.169. The van der Waals surface area contributed by atoms with Crippen LogP contribution < -0.4 is 0 Å². The van der Waals surface area contributed by atoms with Crippen molar-refractivity contribution in [1.82, 2.24) is 0 Å². The fraction of sp³-hybridized carbons (Fsp3) is 0.750. The first-order valence-electron chi connectivity index (χ1n) is 4.68. The number of hydrogen-bond acceptors (Lipinski definition) is 1. The smallest absolute Gasteiger partial charge is 0.303 e. The van der Waals surface area contributed by atoms with Crippen molar-refractivity contribution in [3.8, 4) is 0 Å². The second kappa shape index (κ2) is 6.47. The summed E-state index contributed by atoms with van der Waals surface area (Å²) in [6.45, 7) is -3.31. The van der Waals surface area contributed by atoms with E-state index in [1.54, 1.807) is 0 Å². The van der Waals surface area contributed by atoms with E-state index in [-0.39, 0.29) is 29.6 Å². The molecule has 0 aliphatic heterocycles. The van der Waals surface area contributed by atoms with Crippen molar-refractivity contribution in [1.29, 1.82) is 0 Å². The maximum atomic E-state index is 10.2. The molecular weight excluding hydrogens is 103 g/mol. The molecule has 1 radical (unpaired) electrons. The van der Waals surface area contributed by atoms with Crippen molar-refractivity contribution in [2.75, 3.05) is 0 Å². The molecule has 0 bridgehead atoms. The second-order valence-corrected chi connectivity index (χ2v) is 0.555. The van der Waals surface area contributed by atoms with Crippen molar-refractivity contribution < 1.29 is 19.5 Å². The zero-order chi connectivity index (χ0) is 11.1. The molecule has 0 aromatic carbocycles. The molecule has 2 nitrogen and oxygen atoms in total. The van der Waals surface area contributed by atoms with E-state index in [1.165, 1.54) is 0 Å². The van der Waals surface area contributed by atoms with Gasteiger partial charge in [0.05, 0.1) is 0 Å². The Hall–Kier alpha value is 0.470. The van der Waals surface area contributed by atoms with Crippen LogP contribution in [0.3, 0.4) is 0 Å². The molecule has 0 spiro atoms. The molecule has 7 heavy (non-hydrogen) atoms. The summed E-state index contributed by atoms with van der Waals surface area (Å²) >= 11 is 0. The van der Waals surface area contributed by atoms with Gasteiger partial charge in [-0.15, -0.1) is 0 Å². The van der Waals surface area contributed by atoms with Crippen LogP contribution >= 0.6 is 0 Å². The van der Waals surface area contributed by atoms with Gasteiger partial charge in [-0.25, -0.2) is 0 Å². The van der Waals surface area contributed by atoms with Gasteiger partial charge in [-0.2, -0.15) is 0 Å². The molecule has 0 aliphatic rings. The summed E-state index contributed by atoms with van der Waals surface area (Å²) < 4.78 is 47.2. The van der Waals surface area contributed by atoms with Crippen molar-refractivity contribution >= 4 is 35.5 Å². The van der Waals surface area contributed by atoms with Gasteiger partial charge < -0.3 is 5.11 Å². The Morgan fingerprint density at radius 3 is 2.86 bits per heavy atom. The van der Waals surface area contributed by atoms with Crippen molar-refractivity contribution in [3.05, 3.63) is 0 Å². The summed E-state index contributed by atoms with van der Waals surface area (Å²) in [7, 11) is 0. The van der Waals surface area contributed by atoms with E-state index in [9.17, 15) is 4.79 Å². The largest absolute Gasteiger partial charge is 0.481 e. The van der Waals surface area contributed by atoms with E-state index in [0.29, 0.717) is 0 Å². The molecule has 0 unspecified atom stereocenters. The first kappa shape index (κ1) is 2.01. The topological polar surface area (TPSA) is 37.3 Å². The second-order valence-electron chi connectivity index (χ2n) is 0.555. The van der Waals surface area contributed by atoms with E-state index < -0.39 is 25.6 Å². The van der Waals surface area contributed by atoms with E-state index in [4.69, 9.17) is 14.7 Å². The Kier molecular flexibility index (Phi) is 1.86. The Bertz CT molecular complexity index is 222. The molecule has 0 rings (SSSR count). The molecule has 3 heteroatoms. The van der Waals surface area contributed by atoms with Gasteiger partial charge in [0.15, 0.2) is 0 Å².